The van der Waals surface area contributed by atoms with E-state index >= 15 is 0 Å². The van der Waals surface area contributed by atoms with Gasteiger partial charge in [-0.1, -0.05) is 18.2 Å². The fraction of sp³-hybridized carbons (Fsp3) is 0.250. The molecule has 5 nitrogen and oxygen atoms in total. The molecule has 0 aromatic heterocycles. The summed E-state index contributed by atoms with van der Waals surface area (Å²) in [7, 11) is -3.95. The van der Waals surface area contributed by atoms with Gasteiger partial charge in [0.2, 0.25) is 0 Å². The largest absolute Gasteiger partial charge is 0.453 e. The Balaban J connectivity index is 1.95. The lowest BCUT2D eigenvalue weighted by atomic mass is 10.1. The third-order valence-corrected chi connectivity index (χ3v) is 4.37. The Hall–Kier alpha value is -2.05. The first-order valence-corrected chi connectivity index (χ1v) is 8.65. The number of rotatable bonds is 4. The summed E-state index contributed by atoms with van der Waals surface area (Å²) >= 11 is 0. The van der Waals surface area contributed by atoms with Crippen molar-refractivity contribution in [2.45, 2.75) is 13.3 Å². The first-order chi connectivity index (χ1) is 10.4. The lowest BCUT2D eigenvalue weighted by Crippen LogP contribution is -2.24. The van der Waals surface area contributed by atoms with E-state index in [4.69, 9.17) is 9.29 Å². The number of hydrogen-bond acceptors (Lipinski definition) is 4. The van der Waals surface area contributed by atoms with Gasteiger partial charge in [0.1, 0.15) is 0 Å². The van der Waals surface area contributed by atoms with Gasteiger partial charge in [0.25, 0.3) is 10.1 Å². The maximum absolute atomic E-state index is 10.9. The Labute approximate surface area is 129 Å². The number of nitrogens with zero attached hydrogens (tertiary/aromatic N) is 1. The molecule has 1 aliphatic heterocycles. The molecular weight excluding hydrogens is 302 g/mol. The van der Waals surface area contributed by atoms with Gasteiger partial charge in [0, 0.05) is 6.54 Å². The van der Waals surface area contributed by atoms with E-state index in [0.29, 0.717) is 13.0 Å². The van der Waals surface area contributed by atoms with Crippen molar-refractivity contribution >= 4 is 21.5 Å². The minimum Gasteiger partial charge on any atom is -0.453 e. The normalized spacial score (nSPS) is 13.3. The van der Waals surface area contributed by atoms with Gasteiger partial charge in [-0.2, -0.15) is 8.42 Å². The fourth-order valence-corrected chi connectivity index (χ4v) is 3.08. The summed E-state index contributed by atoms with van der Waals surface area (Å²) in [6.07, 6.45) is 0.334. The molecular formula is C16H17NO4S. The Bertz CT molecular complexity index is 802. The lowest BCUT2D eigenvalue weighted by Gasteiger charge is -2.33. The maximum atomic E-state index is 10.9. The molecule has 0 radical (unpaired) electrons. The molecule has 0 atom stereocenters. The van der Waals surface area contributed by atoms with Gasteiger partial charge in [0.15, 0.2) is 11.5 Å². The smallest absolute Gasteiger partial charge is 0.264 e. The molecule has 0 saturated carbocycles. The second kappa shape index (κ2) is 5.62. The second-order valence-electron chi connectivity index (χ2n) is 5.33. The monoisotopic (exact) mass is 319 g/mol. The SMILES string of the molecule is Cc1ccc2c(c1)N(CCCS(=O)(=O)O)c1ccccc1O2. The molecule has 1 N–H and O–H groups in total. The van der Waals surface area contributed by atoms with Gasteiger partial charge in [-0.15, -0.1) is 0 Å². The van der Waals surface area contributed by atoms with Gasteiger partial charge in [-0.25, -0.2) is 0 Å². The van der Waals surface area contributed by atoms with E-state index in [2.05, 4.69) is 0 Å². The van der Waals surface area contributed by atoms with Gasteiger partial charge >= 0.3 is 0 Å². The van der Waals surface area contributed by atoms with Crippen LogP contribution in [0.1, 0.15) is 12.0 Å². The van der Waals surface area contributed by atoms with Crippen molar-refractivity contribution in [3.63, 3.8) is 0 Å². The highest BCUT2D eigenvalue weighted by atomic mass is 32.2. The molecule has 6 heteroatoms. The number of anilines is 2. The highest BCUT2D eigenvalue weighted by Crippen LogP contribution is 2.46. The van der Waals surface area contributed by atoms with Crippen LogP contribution in [0.3, 0.4) is 0 Å². The van der Waals surface area contributed by atoms with Crippen molar-refractivity contribution in [1.29, 1.82) is 0 Å². The van der Waals surface area contributed by atoms with Crippen LogP contribution in [-0.2, 0) is 10.1 Å². The average molecular weight is 319 g/mol. The number of fused-ring (bicyclic) bond motifs is 2. The molecule has 0 fully saturated rings. The van der Waals surface area contributed by atoms with Crippen LogP contribution in [0.25, 0.3) is 0 Å². The number of aryl methyl sites for hydroxylation is 1. The third-order valence-electron chi connectivity index (χ3n) is 3.57. The quantitative estimate of drug-likeness (QED) is 0.873. The van der Waals surface area contributed by atoms with Crippen molar-refractivity contribution in [2.24, 2.45) is 0 Å². The molecule has 1 heterocycles. The molecule has 3 rings (SSSR count). The summed E-state index contributed by atoms with van der Waals surface area (Å²) < 4.78 is 36.7. The molecule has 0 bridgehead atoms. The summed E-state index contributed by atoms with van der Waals surface area (Å²) in [5.41, 5.74) is 2.91. The standard InChI is InChI=1S/C16H17NO4S/c1-12-7-8-16-14(11-12)17(9-4-10-22(18,19)20)13-5-2-3-6-15(13)21-16/h2-3,5-8,11H,4,9-10H2,1H3,(H,18,19,20). The number of ether oxygens (including phenoxy) is 1. The van der Waals surface area contributed by atoms with Gasteiger partial charge < -0.3 is 9.64 Å². The first-order valence-electron chi connectivity index (χ1n) is 7.04. The minimum atomic E-state index is -3.95. The van der Waals surface area contributed by atoms with Crippen LogP contribution in [-0.4, -0.2) is 25.3 Å². The molecule has 0 unspecified atom stereocenters. The summed E-state index contributed by atoms with van der Waals surface area (Å²) in [6.45, 7) is 2.48. The Kier molecular flexibility index (Phi) is 3.80. The van der Waals surface area contributed by atoms with E-state index in [0.717, 1.165) is 28.4 Å². The van der Waals surface area contributed by atoms with E-state index < -0.39 is 10.1 Å². The molecule has 0 aliphatic carbocycles. The second-order valence-corrected chi connectivity index (χ2v) is 6.90. The molecule has 22 heavy (non-hydrogen) atoms. The van der Waals surface area contributed by atoms with Crippen molar-refractivity contribution in [2.75, 3.05) is 17.2 Å². The van der Waals surface area contributed by atoms with Gasteiger partial charge in [0.05, 0.1) is 17.1 Å². The average Bonchev–Trinajstić information content (AvgIpc) is 2.46. The molecule has 2 aromatic carbocycles. The van der Waals surface area contributed by atoms with E-state index in [9.17, 15) is 8.42 Å². The molecule has 0 saturated heterocycles. The molecule has 1 aliphatic rings. The maximum Gasteiger partial charge on any atom is 0.264 e. The van der Waals surface area contributed by atoms with Crippen molar-refractivity contribution in [3.05, 3.63) is 48.0 Å². The number of hydrogen-bond donors (Lipinski definition) is 1. The van der Waals surface area contributed by atoms with Crippen LogP contribution in [0.2, 0.25) is 0 Å². The topological polar surface area (TPSA) is 66.8 Å². The Morgan fingerprint density at radius 1 is 1.09 bits per heavy atom. The van der Waals surface area contributed by atoms with Crippen LogP contribution >= 0.6 is 0 Å². The van der Waals surface area contributed by atoms with Crippen LogP contribution in [0, 0.1) is 6.92 Å². The van der Waals surface area contributed by atoms with E-state index in [1.165, 1.54) is 0 Å². The minimum absolute atomic E-state index is 0.256. The molecule has 0 spiro atoms. The zero-order valence-electron chi connectivity index (χ0n) is 12.2. The zero-order valence-corrected chi connectivity index (χ0v) is 13.0. The number of benzene rings is 2. The molecule has 116 valence electrons. The third kappa shape index (κ3) is 3.08. The predicted molar refractivity (Wildman–Crippen MR) is 85.7 cm³/mol. The molecule has 2 aromatic rings. The highest BCUT2D eigenvalue weighted by molar-refractivity contribution is 7.85. The fourth-order valence-electron chi connectivity index (χ4n) is 2.59. The van der Waals surface area contributed by atoms with Gasteiger partial charge in [-0.3, -0.25) is 4.55 Å². The predicted octanol–water partition coefficient (Wildman–Crippen LogP) is 3.52. The van der Waals surface area contributed by atoms with Crippen LogP contribution in [0.5, 0.6) is 11.5 Å². The highest BCUT2D eigenvalue weighted by Gasteiger charge is 2.24. The van der Waals surface area contributed by atoms with Crippen molar-refractivity contribution < 1.29 is 17.7 Å². The van der Waals surface area contributed by atoms with Crippen molar-refractivity contribution in [1.82, 2.24) is 0 Å². The van der Waals surface area contributed by atoms with Crippen LogP contribution in [0.4, 0.5) is 11.4 Å². The van der Waals surface area contributed by atoms with Crippen LogP contribution < -0.4 is 9.64 Å². The number of para-hydroxylation sites is 2. The summed E-state index contributed by atoms with van der Waals surface area (Å²) in [5, 5.41) is 0. The van der Waals surface area contributed by atoms with E-state index in [-0.39, 0.29) is 5.75 Å². The Morgan fingerprint density at radius 2 is 1.82 bits per heavy atom. The lowest BCUT2D eigenvalue weighted by molar-refractivity contribution is 0.471. The first kappa shape index (κ1) is 14.9. The summed E-state index contributed by atoms with van der Waals surface area (Å²) in [6, 6.07) is 13.5. The van der Waals surface area contributed by atoms with Crippen molar-refractivity contribution in [3.8, 4) is 11.5 Å². The summed E-state index contributed by atoms with van der Waals surface area (Å²) in [5.74, 6) is 1.23. The van der Waals surface area contributed by atoms with E-state index in [1.54, 1.807) is 0 Å². The molecule has 0 amide bonds. The van der Waals surface area contributed by atoms with Gasteiger partial charge in [-0.05, 0) is 43.2 Å². The van der Waals surface area contributed by atoms with E-state index in [1.807, 2.05) is 54.3 Å². The Morgan fingerprint density at radius 3 is 2.59 bits per heavy atom. The summed E-state index contributed by atoms with van der Waals surface area (Å²) in [4.78, 5) is 2.03. The van der Waals surface area contributed by atoms with Crippen LogP contribution in [0.15, 0.2) is 42.5 Å². The zero-order chi connectivity index (χ0) is 15.7.